The zero-order chi connectivity index (χ0) is 21.5. The maximum atomic E-state index is 13.4. The molecule has 0 aliphatic heterocycles. The highest BCUT2D eigenvalue weighted by Crippen LogP contribution is 2.24. The van der Waals surface area contributed by atoms with Crippen molar-refractivity contribution in [3.05, 3.63) is 143 Å². The smallest absolute Gasteiger partial charge is 0.252 e. The summed E-state index contributed by atoms with van der Waals surface area (Å²) in [4.78, 5) is 13.4. The summed E-state index contributed by atoms with van der Waals surface area (Å²) in [6.45, 7) is 2.07. The van der Waals surface area contributed by atoms with Crippen LogP contribution in [-0.4, -0.2) is 5.91 Å². The van der Waals surface area contributed by atoms with Gasteiger partial charge in [0.05, 0.1) is 6.04 Å². The van der Waals surface area contributed by atoms with Gasteiger partial charge in [-0.1, -0.05) is 109 Å². The lowest BCUT2D eigenvalue weighted by molar-refractivity contribution is 0.0942. The Kier molecular flexibility index (Phi) is 6.59. The summed E-state index contributed by atoms with van der Waals surface area (Å²) < 4.78 is 0. The van der Waals surface area contributed by atoms with Crippen LogP contribution >= 0.6 is 0 Å². The van der Waals surface area contributed by atoms with Crippen molar-refractivity contribution in [2.45, 2.75) is 25.8 Å². The largest absolute Gasteiger partial charge is 0.341 e. The number of benzene rings is 4. The van der Waals surface area contributed by atoms with E-state index in [4.69, 9.17) is 0 Å². The maximum Gasteiger partial charge on any atom is 0.252 e. The third kappa shape index (κ3) is 5.29. The van der Waals surface area contributed by atoms with Crippen LogP contribution < -0.4 is 5.32 Å². The number of rotatable bonds is 7. The molecule has 0 heterocycles. The van der Waals surface area contributed by atoms with E-state index in [0.29, 0.717) is 0 Å². The second-order valence-corrected chi connectivity index (χ2v) is 7.87. The van der Waals surface area contributed by atoms with Gasteiger partial charge in [-0.2, -0.15) is 0 Å². The predicted octanol–water partition coefficient (Wildman–Crippen LogP) is 6.30. The van der Waals surface area contributed by atoms with Gasteiger partial charge in [0.2, 0.25) is 0 Å². The second-order valence-electron chi connectivity index (χ2n) is 7.87. The van der Waals surface area contributed by atoms with Gasteiger partial charge in [-0.3, -0.25) is 4.79 Å². The van der Waals surface area contributed by atoms with Crippen LogP contribution in [0.2, 0.25) is 0 Å². The quantitative estimate of drug-likeness (QED) is 0.384. The zero-order valence-corrected chi connectivity index (χ0v) is 17.8. The van der Waals surface area contributed by atoms with Gasteiger partial charge in [-0.15, -0.1) is 0 Å². The van der Waals surface area contributed by atoms with Gasteiger partial charge in [0.15, 0.2) is 0 Å². The number of nitrogens with one attached hydrogen (secondary N) is 1. The van der Waals surface area contributed by atoms with E-state index in [-0.39, 0.29) is 11.9 Å². The molecule has 2 nitrogen and oxygen atoms in total. The first-order valence-corrected chi connectivity index (χ1v) is 10.7. The van der Waals surface area contributed by atoms with Gasteiger partial charge < -0.3 is 5.32 Å². The Morgan fingerprint density at radius 2 is 1.26 bits per heavy atom. The molecule has 4 rings (SSSR count). The van der Waals surface area contributed by atoms with Crippen molar-refractivity contribution in [1.29, 1.82) is 0 Å². The van der Waals surface area contributed by atoms with E-state index in [1.54, 1.807) is 0 Å². The summed E-state index contributed by atoms with van der Waals surface area (Å²) in [6, 6.07) is 36.6. The molecule has 1 N–H and O–H groups in total. The van der Waals surface area contributed by atoms with Crippen molar-refractivity contribution < 1.29 is 4.79 Å². The standard InChI is InChI=1S/C29H27NO/c1-22-16-19-26(20-17-22)28(25-13-6-3-7-14-25)30-29(31)27-15-9-8-12-24(27)21-18-23-10-4-2-5-11-23/h2-17,19-20,28H,18,21H2,1H3,(H,30,31). The molecule has 0 aliphatic carbocycles. The summed E-state index contributed by atoms with van der Waals surface area (Å²) in [5.41, 5.74) is 6.44. The third-order valence-corrected chi connectivity index (χ3v) is 5.61. The average Bonchev–Trinajstić information content (AvgIpc) is 2.83. The molecule has 0 aliphatic rings. The van der Waals surface area contributed by atoms with E-state index in [0.717, 1.165) is 35.1 Å². The van der Waals surface area contributed by atoms with Crippen molar-refractivity contribution in [2.75, 3.05) is 0 Å². The molecule has 31 heavy (non-hydrogen) atoms. The van der Waals surface area contributed by atoms with Gasteiger partial charge in [0.25, 0.3) is 5.91 Å². The molecule has 0 saturated carbocycles. The fourth-order valence-electron chi connectivity index (χ4n) is 3.86. The maximum absolute atomic E-state index is 13.4. The average molecular weight is 406 g/mol. The lowest BCUT2D eigenvalue weighted by Crippen LogP contribution is -2.30. The monoisotopic (exact) mass is 405 g/mol. The summed E-state index contributed by atoms with van der Waals surface area (Å²) in [7, 11) is 0. The summed E-state index contributed by atoms with van der Waals surface area (Å²) >= 11 is 0. The molecule has 2 heteroatoms. The Hall–Kier alpha value is -3.65. The molecule has 0 aromatic heterocycles. The van der Waals surface area contributed by atoms with Gasteiger partial charge in [0, 0.05) is 5.56 Å². The Morgan fingerprint density at radius 1 is 0.677 bits per heavy atom. The van der Waals surface area contributed by atoms with Crippen molar-refractivity contribution >= 4 is 5.91 Å². The predicted molar refractivity (Wildman–Crippen MR) is 127 cm³/mol. The lowest BCUT2D eigenvalue weighted by Gasteiger charge is -2.21. The van der Waals surface area contributed by atoms with Crippen molar-refractivity contribution in [3.63, 3.8) is 0 Å². The molecule has 1 atom stereocenters. The highest BCUT2D eigenvalue weighted by Gasteiger charge is 2.19. The molecule has 4 aromatic carbocycles. The number of hydrogen-bond acceptors (Lipinski definition) is 1. The molecule has 0 saturated heterocycles. The summed E-state index contributed by atoms with van der Waals surface area (Å²) in [6.07, 6.45) is 1.74. The van der Waals surface area contributed by atoms with E-state index in [9.17, 15) is 4.79 Å². The first-order chi connectivity index (χ1) is 15.2. The number of carbonyl (C=O) groups is 1. The Bertz CT molecular complexity index is 1120. The van der Waals surface area contributed by atoms with Gasteiger partial charge in [0.1, 0.15) is 0 Å². The molecular formula is C29H27NO. The molecule has 154 valence electrons. The van der Waals surface area contributed by atoms with Gasteiger partial charge >= 0.3 is 0 Å². The topological polar surface area (TPSA) is 29.1 Å². The van der Waals surface area contributed by atoms with Crippen LogP contribution in [0.3, 0.4) is 0 Å². The van der Waals surface area contributed by atoms with Crippen LogP contribution in [0.25, 0.3) is 0 Å². The van der Waals surface area contributed by atoms with E-state index < -0.39 is 0 Å². The molecule has 0 bridgehead atoms. The highest BCUT2D eigenvalue weighted by molar-refractivity contribution is 5.96. The first kappa shape index (κ1) is 20.6. The fourth-order valence-corrected chi connectivity index (χ4v) is 3.86. The summed E-state index contributed by atoms with van der Waals surface area (Å²) in [5.74, 6) is -0.0434. The highest BCUT2D eigenvalue weighted by atomic mass is 16.1. The van der Waals surface area contributed by atoms with E-state index in [1.807, 2.05) is 42.5 Å². The van der Waals surface area contributed by atoms with Gasteiger partial charge in [-0.25, -0.2) is 0 Å². The van der Waals surface area contributed by atoms with Crippen LogP contribution in [0.15, 0.2) is 109 Å². The van der Waals surface area contributed by atoms with E-state index >= 15 is 0 Å². The molecule has 0 spiro atoms. The van der Waals surface area contributed by atoms with Crippen molar-refractivity contribution in [1.82, 2.24) is 5.32 Å². The number of aryl methyl sites for hydroxylation is 3. The molecule has 0 fully saturated rings. The number of hydrogen-bond donors (Lipinski definition) is 1. The van der Waals surface area contributed by atoms with Crippen molar-refractivity contribution in [2.24, 2.45) is 0 Å². The molecule has 4 aromatic rings. The fraction of sp³-hybridized carbons (Fsp3) is 0.138. The van der Waals surface area contributed by atoms with Crippen molar-refractivity contribution in [3.8, 4) is 0 Å². The lowest BCUT2D eigenvalue weighted by atomic mass is 9.96. The molecule has 0 radical (unpaired) electrons. The minimum absolute atomic E-state index is 0.0434. The number of carbonyl (C=O) groups excluding carboxylic acids is 1. The molecule has 1 unspecified atom stereocenters. The summed E-state index contributed by atoms with van der Waals surface area (Å²) in [5, 5.41) is 3.28. The van der Waals surface area contributed by atoms with Crippen LogP contribution in [0.1, 0.15) is 44.2 Å². The van der Waals surface area contributed by atoms with Gasteiger partial charge in [-0.05, 0) is 48.1 Å². The molecule has 1 amide bonds. The first-order valence-electron chi connectivity index (χ1n) is 10.7. The van der Waals surface area contributed by atoms with E-state index in [2.05, 4.69) is 79.0 Å². The van der Waals surface area contributed by atoms with Crippen LogP contribution in [-0.2, 0) is 12.8 Å². The zero-order valence-electron chi connectivity index (χ0n) is 17.8. The molecular weight excluding hydrogens is 378 g/mol. The minimum Gasteiger partial charge on any atom is -0.341 e. The van der Waals surface area contributed by atoms with Crippen LogP contribution in [0.4, 0.5) is 0 Å². The Morgan fingerprint density at radius 3 is 1.97 bits per heavy atom. The minimum atomic E-state index is -0.198. The SMILES string of the molecule is Cc1ccc(C(NC(=O)c2ccccc2CCc2ccccc2)c2ccccc2)cc1. The van der Waals surface area contributed by atoms with E-state index in [1.165, 1.54) is 11.1 Å². The van der Waals surface area contributed by atoms with Crippen LogP contribution in [0, 0.1) is 6.92 Å². The normalized spacial score (nSPS) is 11.6. The second kappa shape index (κ2) is 9.90. The van der Waals surface area contributed by atoms with Crippen LogP contribution in [0.5, 0.6) is 0 Å². The Labute approximate surface area is 184 Å². The number of amides is 1. The Balaban J connectivity index is 1.58. The third-order valence-electron chi connectivity index (χ3n) is 5.61.